The molecule has 1 aliphatic heterocycles. The van der Waals surface area contributed by atoms with Crippen LogP contribution in [0.15, 0.2) is 12.1 Å². The van der Waals surface area contributed by atoms with Gasteiger partial charge in [0.25, 0.3) is 0 Å². The molecule has 8 heteroatoms. The van der Waals surface area contributed by atoms with Gasteiger partial charge in [-0.05, 0) is 37.8 Å². The smallest absolute Gasteiger partial charge is 0.354 e. The Morgan fingerprint density at radius 2 is 1.97 bits per heavy atom. The molecule has 30 heavy (non-hydrogen) atoms. The van der Waals surface area contributed by atoms with Gasteiger partial charge >= 0.3 is 11.9 Å². The maximum Gasteiger partial charge on any atom is 0.354 e. The van der Waals surface area contributed by atoms with Crippen LogP contribution in [-0.4, -0.2) is 40.5 Å². The maximum atomic E-state index is 12.7. The summed E-state index contributed by atoms with van der Waals surface area (Å²) in [6, 6.07) is 3.75. The van der Waals surface area contributed by atoms with E-state index < -0.39 is 5.97 Å². The first-order valence-electron chi connectivity index (χ1n) is 9.90. The first-order chi connectivity index (χ1) is 14.4. The van der Waals surface area contributed by atoms with E-state index >= 15 is 0 Å². The number of aryl methyl sites for hydroxylation is 4. The summed E-state index contributed by atoms with van der Waals surface area (Å²) in [6.45, 7) is 2.88. The summed E-state index contributed by atoms with van der Waals surface area (Å²) in [6.07, 6.45) is 2.51. The fourth-order valence-corrected chi connectivity index (χ4v) is 4.81. The molecule has 158 valence electrons. The number of hydrogen-bond acceptors (Lipinski definition) is 5. The van der Waals surface area contributed by atoms with Crippen molar-refractivity contribution < 1.29 is 19.1 Å². The van der Waals surface area contributed by atoms with E-state index in [1.54, 1.807) is 0 Å². The van der Waals surface area contributed by atoms with Gasteiger partial charge in [0.15, 0.2) is 0 Å². The number of aromatic nitrogens is 3. The zero-order valence-corrected chi connectivity index (χ0v) is 18.3. The molecule has 0 radical (unpaired) electrons. The van der Waals surface area contributed by atoms with Crippen molar-refractivity contribution in [3.8, 4) is 11.1 Å². The van der Waals surface area contributed by atoms with Crippen molar-refractivity contribution in [3.63, 3.8) is 0 Å². The van der Waals surface area contributed by atoms with Crippen molar-refractivity contribution in [1.82, 2.24) is 14.3 Å². The molecule has 0 saturated heterocycles. The number of esters is 2. The molecule has 4 rings (SSSR count). The van der Waals surface area contributed by atoms with Gasteiger partial charge in [0.05, 0.1) is 30.5 Å². The number of hydrogen-bond donors (Lipinski definition) is 0. The summed E-state index contributed by atoms with van der Waals surface area (Å²) < 4.78 is 13.7. The monoisotopic (exact) mass is 429 g/mol. The summed E-state index contributed by atoms with van der Waals surface area (Å²) in [7, 11) is 4.54. The summed E-state index contributed by atoms with van der Waals surface area (Å²) in [5.74, 6) is -0.783. The number of halogens is 1. The highest BCUT2D eigenvalue weighted by Gasteiger charge is 2.29. The lowest BCUT2D eigenvalue weighted by atomic mass is 9.97. The molecule has 0 saturated carbocycles. The summed E-state index contributed by atoms with van der Waals surface area (Å²) in [4.78, 5) is 24.4. The summed E-state index contributed by atoms with van der Waals surface area (Å²) in [5, 5.41) is 6.17. The van der Waals surface area contributed by atoms with Crippen LogP contribution in [0.1, 0.15) is 40.3 Å². The second-order valence-corrected chi connectivity index (χ2v) is 7.91. The molecular formula is C22H24ClN3O4. The van der Waals surface area contributed by atoms with E-state index in [2.05, 4.69) is 0 Å². The van der Waals surface area contributed by atoms with E-state index in [9.17, 15) is 9.59 Å². The van der Waals surface area contributed by atoms with Crippen LogP contribution in [0.4, 0.5) is 0 Å². The summed E-state index contributed by atoms with van der Waals surface area (Å²) >= 11 is 6.72. The average Bonchev–Trinajstić information content (AvgIpc) is 3.38. The standard InChI is InChI=1S/C22H24ClN3O4/c1-12-18(16-6-5-11-26(16)24-12)19-15(23)9-7-13-14(8-10-17(27)29-3)21(22(28)30-4)25(2)20(13)19/h7,9H,5-6,8,10-11H2,1-4H3. The fourth-order valence-electron chi connectivity index (χ4n) is 4.57. The van der Waals surface area contributed by atoms with Gasteiger partial charge in [0, 0.05) is 42.2 Å². The Morgan fingerprint density at radius 3 is 2.67 bits per heavy atom. The Labute approximate surface area is 179 Å². The number of benzene rings is 1. The number of carbonyl (C=O) groups excluding carboxylic acids is 2. The van der Waals surface area contributed by atoms with Gasteiger partial charge < -0.3 is 14.0 Å². The Kier molecular flexibility index (Phi) is 5.32. The SMILES string of the molecule is COC(=O)CCc1c(C(=O)OC)n(C)c2c(-c3c(C)nn4c3CCC4)c(Cl)ccc12. The molecule has 0 aliphatic carbocycles. The first kappa shape index (κ1) is 20.5. The third-order valence-electron chi connectivity index (χ3n) is 5.86. The quantitative estimate of drug-likeness (QED) is 0.576. The lowest BCUT2D eigenvalue weighted by Crippen LogP contribution is -2.11. The van der Waals surface area contributed by atoms with Crippen LogP contribution in [0.5, 0.6) is 0 Å². The number of methoxy groups -OCH3 is 2. The minimum Gasteiger partial charge on any atom is -0.469 e. The number of carbonyl (C=O) groups is 2. The third-order valence-corrected chi connectivity index (χ3v) is 6.18. The topological polar surface area (TPSA) is 75.4 Å². The van der Waals surface area contributed by atoms with Gasteiger partial charge in [-0.15, -0.1) is 0 Å². The molecule has 0 atom stereocenters. The minimum atomic E-state index is -0.451. The average molecular weight is 430 g/mol. The molecule has 0 unspecified atom stereocenters. The lowest BCUT2D eigenvalue weighted by Gasteiger charge is -2.11. The van der Waals surface area contributed by atoms with Gasteiger partial charge in [0.2, 0.25) is 0 Å². The van der Waals surface area contributed by atoms with Crippen molar-refractivity contribution in [2.75, 3.05) is 14.2 Å². The van der Waals surface area contributed by atoms with Crippen LogP contribution in [-0.2, 0) is 40.7 Å². The van der Waals surface area contributed by atoms with Crippen LogP contribution in [0.3, 0.4) is 0 Å². The molecule has 0 amide bonds. The van der Waals surface area contributed by atoms with Gasteiger partial charge in [-0.3, -0.25) is 9.48 Å². The zero-order chi connectivity index (χ0) is 21.6. The van der Waals surface area contributed by atoms with E-state index in [1.807, 2.05) is 35.4 Å². The Balaban J connectivity index is 2.02. The highest BCUT2D eigenvalue weighted by Crippen LogP contribution is 2.43. The Bertz CT molecular complexity index is 1180. The van der Waals surface area contributed by atoms with Crippen LogP contribution < -0.4 is 0 Å². The predicted octanol–water partition coefficient (Wildman–Crippen LogP) is 3.84. The van der Waals surface area contributed by atoms with Crippen molar-refractivity contribution in [1.29, 1.82) is 0 Å². The maximum absolute atomic E-state index is 12.7. The highest BCUT2D eigenvalue weighted by molar-refractivity contribution is 6.35. The van der Waals surface area contributed by atoms with Gasteiger partial charge in [-0.2, -0.15) is 5.10 Å². The molecule has 2 aromatic heterocycles. The van der Waals surface area contributed by atoms with E-state index in [1.165, 1.54) is 19.9 Å². The van der Waals surface area contributed by atoms with E-state index in [-0.39, 0.29) is 12.4 Å². The third kappa shape index (κ3) is 3.08. The van der Waals surface area contributed by atoms with Crippen LogP contribution in [0.25, 0.3) is 22.0 Å². The molecular weight excluding hydrogens is 406 g/mol. The number of fused-ring (bicyclic) bond motifs is 2. The van der Waals surface area contributed by atoms with E-state index in [0.29, 0.717) is 17.1 Å². The minimum absolute atomic E-state index is 0.166. The molecule has 1 aromatic carbocycles. The molecule has 7 nitrogen and oxygen atoms in total. The van der Waals surface area contributed by atoms with Gasteiger partial charge in [-0.1, -0.05) is 17.7 Å². The molecule has 0 spiro atoms. The van der Waals surface area contributed by atoms with Gasteiger partial charge in [-0.25, -0.2) is 4.79 Å². The van der Waals surface area contributed by atoms with Gasteiger partial charge in [0.1, 0.15) is 5.69 Å². The van der Waals surface area contributed by atoms with Crippen LogP contribution in [0, 0.1) is 6.92 Å². The van der Waals surface area contributed by atoms with Crippen molar-refractivity contribution in [3.05, 3.63) is 39.8 Å². The van der Waals surface area contributed by atoms with E-state index in [0.717, 1.165) is 52.7 Å². The van der Waals surface area contributed by atoms with E-state index in [4.69, 9.17) is 26.2 Å². The molecule has 1 aliphatic rings. The second kappa shape index (κ2) is 7.80. The fraction of sp³-hybridized carbons (Fsp3) is 0.409. The largest absolute Gasteiger partial charge is 0.469 e. The normalized spacial score (nSPS) is 13.0. The Hall–Kier alpha value is -2.80. The van der Waals surface area contributed by atoms with Crippen molar-refractivity contribution in [2.45, 2.75) is 39.2 Å². The second-order valence-electron chi connectivity index (χ2n) is 7.51. The Morgan fingerprint density at radius 1 is 1.20 bits per heavy atom. The molecule has 0 N–H and O–H groups in total. The highest BCUT2D eigenvalue weighted by atomic mass is 35.5. The molecule has 3 aromatic rings. The van der Waals surface area contributed by atoms with Crippen LogP contribution in [0.2, 0.25) is 5.02 Å². The molecule has 3 heterocycles. The number of rotatable bonds is 5. The molecule has 0 fully saturated rings. The number of ether oxygens (including phenoxy) is 2. The molecule has 0 bridgehead atoms. The van der Waals surface area contributed by atoms with Crippen molar-refractivity contribution in [2.24, 2.45) is 7.05 Å². The summed E-state index contributed by atoms with van der Waals surface area (Å²) in [5.41, 5.74) is 5.99. The first-order valence-corrected chi connectivity index (χ1v) is 10.3. The number of nitrogens with zero attached hydrogens (tertiary/aromatic N) is 3. The zero-order valence-electron chi connectivity index (χ0n) is 17.5. The van der Waals surface area contributed by atoms with Crippen molar-refractivity contribution >= 4 is 34.4 Å². The van der Waals surface area contributed by atoms with Crippen LogP contribution >= 0.6 is 11.6 Å². The predicted molar refractivity (Wildman–Crippen MR) is 114 cm³/mol. The lowest BCUT2D eigenvalue weighted by molar-refractivity contribution is -0.140.